The second-order valence-corrected chi connectivity index (χ2v) is 7.36. The maximum atomic E-state index is 12.2. The Morgan fingerprint density at radius 2 is 1.48 bits per heavy atom. The SMILES string of the molecule is Cc1cc(C(C)(C)C)cc(C)c1NC(=O)C(=O)NCc1ccccc1. The van der Waals surface area contributed by atoms with E-state index in [1.54, 1.807) is 0 Å². The number of rotatable bonds is 3. The van der Waals surface area contributed by atoms with Gasteiger partial charge in [-0.1, -0.05) is 63.2 Å². The summed E-state index contributed by atoms with van der Waals surface area (Å²) >= 11 is 0. The average molecular weight is 338 g/mol. The van der Waals surface area contributed by atoms with Crippen LogP contribution in [0.5, 0.6) is 0 Å². The van der Waals surface area contributed by atoms with Crippen LogP contribution in [0.2, 0.25) is 0 Å². The van der Waals surface area contributed by atoms with Gasteiger partial charge in [0.2, 0.25) is 0 Å². The van der Waals surface area contributed by atoms with Gasteiger partial charge in [0.1, 0.15) is 0 Å². The molecule has 2 aromatic rings. The van der Waals surface area contributed by atoms with Crippen molar-refractivity contribution in [2.45, 2.75) is 46.6 Å². The molecule has 0 spiro atoms. The fourth-order valence-corrected chi connectivity index (χ4v) is 2.62. The number of hydrogen-bond donors (Lipinski definition) is 2. The van der Waals surface area contributed by atoms with Crippen LogP contribution in [0, 0.1) is 13.8 Å². The van der Waals surface area contributed by atoms with Crippen molar-refractivity contribution in [3.8, 4) is 0 Å². The van der Waals surface area contributed by atoms with Gasteiger partial charge in [0.15, 0.2) is 0 Å². The third-order valence-electron chi connectivity index (χ3n) is 4.14. The van der Waals surface area contributed by atoms with Gasteiger partial charge in [-0.05, 0) is 41.5 Å². The smallest absolute Gasteiger partial charge is 0.313 e. The molecular formula is C21H26N2O2. The van der Waals surface area contributed by atoms with E-state index in [0.717, 1.165) is 16.7 Å². The van der Waals surface area contributed by atoms with Gasteiger partial charge in [-0.25, -0.2) is 0 Å². The Bertz CT molecular complexity index is 751. The molecule has 4 heteroatoms. The highest BCUT2D eigenvalue weighted by atomic mass is 16.2. The van der Waals surface area contributed by atoms with Crippen LogP contribution in [0.25, 0.3) is 0 Å². The molecule has 25 heavy (non-hydrogen) atoms. The highest BCUT2D eigenvalue weighted by Gasteiger charge is 2.19. The lowest BCUT2D eigenvalue weighted by Gasteiger charge is -2.22. The highest BCUT2D eigenvalue weighted by molar-refractivity contribution is 6.39. The minimum Gasteiger partial charge on any atom is -0.344 e. The highest BCUT2D eigenvalue weighted by Crippen LogP contribution is 2.29. The van der Waals surface area contributed by atoms with Crippen LogP contribution in [-0.4, -0.2) is 11.8 Å². The lowest BCUT2D eigenvalue weighted by molar-refractivity contribution is -0.136. The predicted octanol–water partition coefficient (Wildman–Crippen LogP) is 3.86. The maximum absolute atomic E-state index is 12.2. The monoisotopic (exact) mass is 338 g/mol. The van der Waals surface area contributed by atoms with Crippen LogP contribution in [0.3, 0.4) is 0 Å². The largest absolute Gasteiger partial charge is 0.344 e. The molecule has 0 atom stereocenters. The number of nitrogens with one attached hydrogen (secondary N) is 2. The van der Waals surface area contributed by atoms with Crippen LogP contribution < -0.4 is 10.6 Å². The fourth-order valence-electron chi connectivity index (χ4n) is 2.62. The standard InChI is InChI=1S/C21H26N2O2/c1-14-11-17(21(3,4)5)12-15(2)18(14)23-20(25)19(24)22-13-16-9-7-6-8-10-16/h6-12H,13H2,1-5H3,(H,22,24)(H,23,25). The molecule has 0 aliphatic carbocycles. The summed E-state index contributed by atoms with van der Waals surface area (Å²) in [5, 5.41) is 5.38. The molecule has 0 aliphatic heterocycles. The molecule has 2 rings (SSSR count). The van der Waals surface area contributed by atoms with E-state index < -0.39 is 11.8 Å². The zero-order chi connectivity index (χ0) is 18.6. The van der Waals surface area contributed by atoms with Gasteiger partial charge in [0.05, 0.1) is 0 Å². The third kappa shape index (κ3) is 4.92. The molecule has 2 N–H and O–H groups in total. The zero-order valence-electron chi connectivity index (χ0n) is 15.6. The number of benzene rings is 2. The van der Waals surface area contributed by atoms with E-state index in [9.17, 15) is 9.59 Å². The van der Waals surface area contributed by atoms with Gasteiger partial charge in [-0.3, -0.25) is 9.59 Å². The van der Waals surface area contributed by atoms with Gasteiger partial charge in [-0.2, -0.15) is 0 Å². The van der Waals surface area contributed by atoms with Crippen LogP contribution in [0.15, 0.2) is 42.5 Å². The summed E-state index contributed by atoms with van der Waals surface area (Å²) in [4.78, 5) is 24.2. The van der Waals surface area contributed by atoms with Crippen LogP contribution in [0.4, 0.5) is 5.69 Å². The normalized spacial score (nSPS) is 11.1. The predicted molar refractivity (Wildman–Crippen MR) is 102 cm³/mol. The first kappa shape index (κ1) is 18.7. The number of hydrogen-bond acceptors (Lipinski definition) is 2. The molecule has 0 aromatic heterocycles. The van der Waals surface area contributed by atoms with Gasteiger partial charge < -0.3 is 10.6 Å². The Morgan fingerprint density at radius 1 is 0.920 bits per heavy atom. The van der Waals surface area contributed by atoms with Crippen molar-refractivity contribution in [1.29, 1.82) is 0 Å². The molecule has 0 unspecified atom stereocenters. The molecule has 132 valence electrons. The molecule has 0 fully saturated rings. The van der Waals surface area contributed by atoms with Crippen LogP contribution in [0.1, 0.15) is 43.0 Å². The van der Waals surface area contributed by atoms with E-state index in [0.29, 0.717) is 12.2 Å². The van der Waals surface area contributed by atoms with Crippen LogP contribution in [-0.2, 0) is 21.5 Å². The topological polar surface area (TPSA) is 58.2 Å². The van der Waals surface area contributed by atoms with E-state index in [4.69, 9.17) is 0 Å². The summed E-state index contributed by atoms with van der Waals surface area (Å²) < 4.78 is 0. The van der Waals surface area contributed by atoms with E-state index in [1.807, 2.05) is 44.2 Å². The second-order valence-electron chi connectivity index (χ2n) is 7.36. The summed E-state index contributed by atoms with van der Waals surface area (Å²) in [6.45, 7) is 10.7. The number of anilines is 1. The van der Waals surface area contributed by atoms with Crippen molar-refractivity contribution in [3.63, 3.8) is 0 Å². The number of aryl methyl sites for hydroxylation is 2. The molecule has 0 heterocycles. The summed E-state index contributed by atoms with van der Waals surface area (Å²) in [5.41, 5.74) is 4.79. The molecule has 0 bridgehead atoms. The lowest BCUT2D eigenvalue weighted by Crippen LogP contribution is -2.35. The first-order valence-corrected chi connectivity index (χ1v) is 8.43. The molecule has 4 nitrogen and oxygen atoms in total. The van der Waals surface area contributed by atoms with Crippen molar-refractivity contribution in [2.75, 3.05) is 5.32 Å². The summed E-state index contributed by atoms with van der Waals surface area (Å²) in [6.07, 6.45) is 0. The Hall–Kier alpha value is -2.62. The van der Waals surface area contributed by atoms with Crippen molar-refractivity contribution < 1.29 is 9.59 Å². The first-order chi connectivity index (χ1) is 11.7. The fraction of sp³-hybridized carbons (Fsp3) is 0.333. The van der Waals surface area contributed by atoms with E-state index >= 15 is 0 Å². The number of carbonyl (C=O) groups excluding carboxylic acids is 2. The first-order valence-electron chi connectivity index (χ1n) is 8.43. The Kier molecular flexibility index (Phi) is 5.62. The van der Waals surface area contributed by atoms with Crippen molar-refractivity contribution in [3.05, 3.63) is 64.7 Å². The third-order valence-corrected chi connectivity index (χ3v) is 4.14. The molecular weight excluding hydrogens is 312 g/mol. The van der Waals surface area contributed by atoms with E-state index in [2.05, 4.69) is 43.5 Å². The number of amides is 2. The Morgan fingerprint density at radius 3 is 2.00 bits per heavy atom. The van der Waals surface area contributed by atoms with Gasteiger partial charge >= 0.3 is 11.8 Å². The van der Waals surface area contributed by atoms with E-state index in [1.165, 1.54) is 5.56 Å². The lowest BCUT2D eigenvalue weighted by atomic mass is 9.85. The Labute approximate surface area is 149 Å². The molecule has 0 saturated heterocycles. The summed E-state index contributed by atoms with van der Waals surface area (Å²) in [6, 6.07) is 13.6. The van der Waals surface area contributed by atoms with Gasteiger partial charge in [0, 0.05) is 12.2 Å². The van der Waals surface area contributed by atoms with Gasteiger partial charge in [-0.15, -0.1) is 0 Å². The average Bonchev–Trinajstić information content (AvgIpc) is 2.55. The Balaban J connectivity index is 2.06. The minimum absolute atomic E-state index is 0.0329. The minimum atomic E-state index is -0.648. The molecule has 2 aromatic carbocycles. The quantitative estimate of drug-likeness (QED) is 0.835. The second kappa shape index (κ2) is 7.51. The molecule has 0 aliphatic rings. The van der Waals surface area contributed by atoms with Crippen molar-refractivity contribution in [2.24, 2.45) is 0 Å². The molecule has 2 amide bonds. The zero-order valence-corrected chi connectivity index (χ0v) is 15.6. The summed E-state index contributed by atoms with van der Waals surface area (Å²) in [5.74, 6) is -1.28. The van der Waals surface area contributed by atoms with Crippen LogP contribution >= 0.6 is 0 Å². The van der Waals surface area contributed by atoms with Gasteiger partial charge in [0.25, 0.3) is 0 Å². The van der Waals surface area contributed by atoms with E-state index in [-0.39, 0.29) is 5.41 Å². The van der Waals surface area contributed by atoms with Crippen molar-refractivity contribution >= 4 is 17.5 Å². The van der Waals surface area contributed by atoms with Crippen molar-refractivity contribution in [1.82, 2.24) is 5.32 Å². The summed E-state index contributed by atoms with van der Waals surface area (Å²) in [7, 11) is 0. The molecule has 0 saturated carbocycles. The number of carbonyl (C=O) groups is 2. The maximum Gasteiger partial charge on any atom is 0.313 e. The molecule has 0 radical (unpaired) electrons.